The molecule has 0 saturated heterocycles. The molecular formula is C21H21ClF3N5O10S. The zero-order chi connectivity index (χ0) is 30.8. The Balaban J connectivity index is 2.19. The molecule has 5 N–H and O–H groups in total. The Kier molecular flexibility index (Phi) is 11.5. The molecule has 0 aliphatic carbocycles. The van der Waals surface area contributed by atoms with Crippen LogP contribution in [0.4, 0.5) is 18.9 Å². The third-order valence-electron chi connectivity index (χ3n) is 4.62. The summed E-state index contributed by atoms with van der Waals surface area (Å²) in [6, 6.07) is 6.12. The average Bonchev–Trinajstić information content (AvgIpc) is 2.88. The van der Waals surface area contributed by atoms with Gasteiger partial charge in [0.1, 0.15) is 23.4 Å². The Labute approximate surface area is 234 Å². The van der Waals surface area contributed by atoms with Crippen molar-refractivity contribution in [1.82, 2.24) is 4.72 Å². The molecule has 41 heavy (non-hydrogen) atoms. The van der Waals surface area contributed by atoms with Crippen LogP contribution in [0.15, 0.2) is 52.5 Å². The zero-order valence-corrected chi connectivity index (χ0v) is 22.1. The van der Waals surface area contributed by atoms with Crippen LogP contribution in [-0.4, -0.2) is 56.7 Å². The van der Waals surface area contributed by atoms with Gasteiger partial charge in [-0.1, -0.05) is 23.7 Å². The minimum absolute atomic E-state index is 0.148. The van der Waals surface area contributed by atoms with Crippen molar-refractivity contribution in [3.05, 3.63) is 63.2 Å². The maximum absolute atomic E-state index is 12.9. The molecule has 0 heterocycles. The van der Waals surface area contributed by atoms with Gasteiger partial charge in [0.2, 0.25) is 16.0 Å². The van der Waals surface area contributed by atoms with Crippen molar-refractivity contribution in [3.63, 3.8) is 0 Å². The van der Waals surface area contributed by atoms with Gasteiger partial charge in [0.25, 0.3) is 5.69 Å². The van der Waals surface area contributed by atoms with Gasteiger partial charge in [-0.2, -0.15) is 17.9 Å². The number of sulfonamides is 1. The molecule has 2 aromatic rings. The van der Waals surface area contributed by atoms with Crippen LogP contribution >= 0.6 is 11.6 Å². The van der Waals surface area contributed by atoms with E-state index in [-0.39, 0.29) is 29.8 Å². The summed E-state index contributed by atoms with van der Waals surface area (Å²) in [6.07, 6.45) is -5.64. The molecule has 20 heteroatoms. The largest absolute Gasteiger partial charge is 0.495 e. The summed E-state index contributed by atoms with van der Waals surface area (Å²) >= 11 is 5.69. The molecule has 0 radical (unpaired) electrons. The molecule has 0 aliphatic rings. The summed E-state index contributed by atoms with van der Waals surface area (Å²) in [6.45, 7) is 0.335. The maximum atomic E-state index is 12.9. The second-order valence-corrected chi connectivity index (χ2v) is 9.84. The van der Waals surface area contributed by atoms with Crippen molar-refractivity contribution in [2.24, 2.45) is 16.6 Å². The third-order valence-corrected chi connectivity index (χ3v) is 6.41. The lowest BCUT2D eigenvalue weighted by Gasteiger charge is -2.17. The lowest BCUT2D eigenvalue weighted by molar-refractivity contribution is -0.384. The molecule has 0 fully saturated rings. The second-order valence-electron chi connectivity index (χ2n) is 7.71. The Hall–Kier alpha value is -4.36. The maximum Gasteiger partial charge on any atom is 0.495 e. The smallest absolute Gasteiger partial charge is 0.493 e. The van der Waals surface area contributed by atoms with Gasteiger partial charge in [0, 0.05) is 12.5 Å². The number of nitro benzene ring substituents is 1. The van der Waals surface area contributed by atoms with E-state index < -0.39 is 56.1 Å². The zero-order valence-electron chi connectivity index (χ0n) is 20.5. The minimum Gasteiger partial charge on any atom is -0.493 e. The van der Waals surface area contributed by atoms with Crippen LogP contribution in [0.25, 0.3) is 0 Å². The topological polar surface area (TPSA) is 225 Å². The first-order chi connectivity index (χ1) is 19.1. The van der Waals surface area contributed by atoms with E-state index in [1.54, 1.807) is 0 Å². The highest BCUT2D eigenvalue weighted by atomic mass is 35.5. The van der Waals surface area contributed by atoms with Crippen molar-refractivity contribution in [2.75, 3.05) is 13.2 Å². The standard InChI is InChI=1S/C21H21ClF3N5O10S/c22-15-7-6-14(11-17(15)30(33)34)41(35,36)29-16(18(31)39-40-19(32)21(23,24)25)10-12-2-4-13(5-3-12)37-8-1-9-38-28-20(26)27/h2-7,11,16,29H,1,8-10H2,(H4,26,27,28)/t16-/m0/s1. The van der Waals surface area contributed by atoms with Gasteiger partial charge < -0.3 is 21.0 Å². The van der Waals surface area contributed by atoms with Crippen molar-refractivity contribution in [2.45, 2.75) is 30.0 Å². The lowest BCUT2D eigenvalue weighted by atomic mass is 10.1. The molecule has 0 aromatic heterocycles. The average molecular weight is 628 g/mol. The molecular weight excluding hydrogens is 607 g/mol. The van der Waals surface area contributed by atoms with E-state index >= 15 is 0 Å². The number of halogens is 4. The van der Waals surface area contributed by atoms with Gasteiger partial charge >= 0.3 is 18.1 Å². The molecule has 0 aliphatic heterocycles. The van der Waals surface area contributed by atoms with E-state index in [1.165, 1.54) is 24.3 Å². The fourth-order valence-electron chi connectivity index (χ4n) is 2.80. The van der Waals surface area contributed by atoms with Crippen LogP contribution in [0.5, 0.6) is 5.75 Å². The Morgan fingerprint density at radius 1 is 1.10 bits per heavy atom. The highest BCUT2D eigenvalue weighted by Gasteiger charge is 2.43. The number of carbonyl (C=O) groups is 2. The highest BCUT2D eigenvalue weighted by Crippen LogP contribution is 2.27. The highest BCUT2D eigenvalue weighted by molar-refractivity contribution is 7.89. The normalized spacial score (nSPS) is 12.1. The molecule has 0 amide bonds. The number of nitrogens with one attached hydrogen (secondary N) is 1. The number of benzene rings is 2. The number of hydrogen-bond acceptors (Lipinski definition) is 11. The van der Waals surface area contributed by atoms with Gasteiger partial charge in [0.05, 0.1) is 16.4 Å². The second kappa shape index (κ2) is 14.3. The number of carbonyl (C=O) groups excluding carboxylic acids is 2. The van der Waals surface area contributed by atoms with Crippen LogP contribution in [0, 0.1) is 10.1 Å². The molecule has 0 saturated carbocycles. The quantitative estimate of drug-likeness (QED) is 0.0720. The number of guanidine groups is 1. The van der Waals surface area contributed by atoms with Crippen LogP contribution in [0.2, 0.25) is 5.02 Å². The number of nitrogens with zero attached hydrogens (tertiary/aromatic N) is 2. The number of nitrogens with two attached hydrogens (primary N) is 2. The first kappa shape index (κ1) is 32.8. The summed E-state index contributed by atoms with van der Waals surface area (Å²) in [5.74, 6) is -4.50. The number of rotatable bonds is 13. The molecule has 0 bridgehead atoms. The van der Waals surface area contributed by atoms with E-state index in [0.29, 0.717) is 18.2 Å². The lowest BCUT2D eigenvalue weighted by Crippen LogP contribution is -2.44. The number of ether oxygens (including phenoxy) is 1. The molecule has 1 atom stereocenters. The van der Waals surface area contributed by atoms with E-state index in [9.17, 15) is 41.3 Å². The predicted molar refractivity (Wildman–Crippen MR) is 132 cm³/mol. The Morgan fingerprint density at radius 2 is 1.76 bits per heavy atom. The van der Waals surface area contributed by atoms with Crippen LogP contribution in [0.1, 0.15) is 12.0 Å². The summed E-state index contributed by atoms with van der Waals surface area (Å²) < 4.78 is 70.4. The summed E-state index contributed by atoms with van der Waals surface area (Å²) in [5.41, 5.74) is 9.69. The Bertz CT molecular complexity index is 1390. The van der Waals surface area contributed by atoms with Crippen molar-refractivity contribution < 1.29 is 55.5 Å². The number of oxime groups is 1. The molecule has 0 spiro atoms. The summed E-state index contributed by atoms with van der Waals surface area (Å²) in [4.78, 5) is 45.1. The van der Waals surface area contributed by atoms with E-state index in [2.05, 4.69) is 14.9 Å². The van der Waals surface area contributed by atoms with Gasteiger partial charge in [-0.05, 0) is 41.4 Å². The van der Waals surface area contributed by atoms with Crippen LogP contribution in [-0.2, 0) is 40.6 Å². The van der Waals surface area contributed by atoms with Gasteiger partial charge in [-0.25, -0.2) is 27.8 Å². The molecule has 2 rings (SSSR count). The number of nitro groups is 1. The van der Waals surface area contributed by atoms with Crippen molar-refractivity contribution in [3.8, 4) is 5.75 Å². The fraction of sp³-hybridized carbons (Fsp3) is 0.286. The molecule has 224 valence electrons. The first-order valence-electron chi connectivity index (χ1n) is 11.0. The van der Waals surface area contributed by atoms with E-state index in [4.69, 9.17) is 32.6 Å². The van der Waals surface area contributed by atoms with Crippen molar-refractivity contribution >= 4 is 45.2 Å². The first-order valence-corrected chi connectivity index (χ1v) is 12.8. The van der Waals surface area contributed by atoms with Gasteiger partial charge in [-0.15, -0.1) is 0 Å². The van der Waals surface area contributed by atoms with Gasteiger partial charge in [0.15, 0.2) is 0 Å². The van der Waals surface area contributed by atoms with E-state index in [0.717, 1.165) is 12.1 Å². The number of hydrogen-bond donors (Lipinski definition) is 3. The summed E-state index contributed by atoms with van der Waals surface area (Å²) in [5, 5.41) is 14.1. The molecule has 15 nitrogen and oxygen atoms in total. The number of alkyl halides is 3. The predicted octanol–water partition coefficient (Wildman–Crippen LogP) is 1.68. The van der Waals surface area contributed by atoms with E-state index in [1.807, 2.05) is 4.72 Å². The van der Waals surface area contributed by atoms with Crippen LogP contribution in [0.3, 0.4) is 0 Å². The van der Waals surface area contributed by atoms with Gasteiger partial charge in [-0.3, -0.25) is 10.1 Å². The Morgan fingerprint density at radius 3 is 2.34 bits per heavy atom. The SMILES string of the molecule is NC(N)=NOCCCOc1ccc(C[C@H](NS(=O)(=O)c2ccc(Cl)c([N+](=O)[O-])c2)C(=O)OOC(=O)C(F)(F)F)cc1. The monoisotopic (exact) mass is 627 g/mol. The third kappa shape index (κ3) is 10.6. The van der Waals surface area contributed by atoms with Crippen molar-refractivity contribution in [1.29, 1.82) is 0 Å². The van der Waals surface area contributed by atoms with Crippen LogP contribution < -0.4 is 20.9 Å². The fourth-order valence-corrected chi connectivity index (χ4v) is 4.19. The molecule has 0 unspecified atom stereocenters. The summed E-state index contributed by atoms with van der Waals surface area (Å²) in [7, 11) is -4.74. The molecule has 2 aromatic carbocycles. The minimum atomic E-state index is -5.51.